The predicted molar refractivity (Wildman–Crippen MR) is 127 cm³/mol. The molecule has 3 heterocycles. The molecule has 5 rings (SSSR count). The largest absolute Gasteiger partial charge is 0.382 e. The maximum absolute atomic E-state index is 14.8. The number of amides is 1. The van der Waals surface area contributed by atoms with Crippen molar-refractivity contribution in [1.29, 1.82) is 0 Å². The van der Waals surface area contributed by atoms with E-state index in [4.69, 9.17) is 16.2 Å². The molecule has 0 bridgehead atoms. The van der Waals surface area contributed by atoms with Gasteiger partial charge in [-0.1, -0.05) is 30.3 Å². The lowest BCUT2D eigenvalue weighted by Gasteiger charge is -2.21. The van der Waals surface area contributed by atoms with Gasteiger partial charge in [-0.2, -0.15) is 5.10 Å². The molecule has 2 aromatic carbocycles. The molecule has 9 nitrogen and oxygen atoms in total. The highest BCUT2D eigenvalue weighted by atomic mass is 19.1. The summed E-state index contributed by atoms with van der Waals surface area (Å²) in [6.45, 7) is 0.943. The number of hydrogen-bond donors (Lipinski definition) is 3. The van der Waals surface area contributed by atoms with Crippen molar-refractivity contribution < 1.29 is 18.3 Å². The monoisotopic (exact) mass is 479 g/mol. The standard InChI is InChI=1S/C24H23F2N7O2/c25-16-8-2-1-5-13(16)11-33-20-15(7-3-9-17(20)26)18(32-33)23-30-21(27)19(22(28)31-23)29-24(34)14-6-4-10-35-12-14/h1-3,5,7-9,14H,4,6,10-12H2,(H,29,34)(H4,27,28,30,31). The van der Waals surface area contributed by atoms with Gasteiger partial charge >= 0.3 is 0 Å². The van der Waals surface area contributed by atoms with Gasteiger partial charge in [0.25, 0.3) is 0 Å². The maximum atomic E-state index is 14.8. The van der Waals surface area contributed by atoms with Crippen LogP contribution in [0.15, 0.2) is 42.5 Å². The van der Waals surface area contributed by atoms with Crippen LogP contribution in [0.5, 0.6) is 0 Å². The zero-order chi connectivity index (χ0) is 24.5. The summed E-state index contributed by atoms with van der Waals surface area (Å²) in [4.78, 5) is 21.2. The fourth-order valence-electron chi connectivity index (χ4n) is 4.16. The number of rotatable bonds is 5. The van der Waals surface area contributed by atoms with Gasteiger partial charge in [0.15, 0.2) is 17.5 Å². The molecule has 1 fully saturated rings. The molecule has 1 atom stereocenters. The summed E-state index contributed by atoms with van der Waals surface area (Å²) in [5.74, 6) is -1.60. The number of ether oxygens (including phenoxy) is 1. The number of carbonyl (C=O) groups is 1. The summed E-state index contributed by atoms with van der Waals surface area (Å²) in [5, 5.41) is 7.58. The third-order valence-electron chi connectivity index (χ3n) is 5.95. The van der Waals surface area contributed by atoms with Crippen LogP contribution in [0, 0.1) is 17.6 Å². The SMILES string of the molecule is Nc1nc(-c2nn(Cc3ccccc3F)c3c(F)cccc23)nc(N)c1NC(=O)C1CCCOC1. The molecule has 4 aromatic rings. The highest BCUT2D eigenvalue weighted by Gasteiger charge is 2.25. The molecule has 1 aliphatic heterocycles. The second-order valence-electron chi connectivity index (χ2n) is 8.33. The second kappa shape index (κ2) is 9.26. The lowest BCUT2D eigenvalue weighted by atomic mass is 10.0. The van der Waals surface area contributed by atoms with Crippen LogP contribution in [0.3, 0.4) is 0 Å². The first-order valence-electron chi connectivity index (χ1n) is 11.1. The molecule has 0 spiro atoms. The number of nitrogens with two attached hydrogens (primary N) is 2. The average Bonchev–Trinajstić information content (AvgIpc) is 3.23. The molecule has 0 saturated carbocycles. The van der Waals surface area contributed by atoms with Gasteiger partial charge in [0, 0.05) is 17.6 Å². The van der Waals surface area contributed by atoms with Crippen molar-refractivity contribution in [3.63, 3.8) is 0 Å². The first-order chi connectivity index (χ1) is 16.9. The third kappa shape index (κ3) is 4.37. The molecule has 180 valence electrons. The van der Waals surface area contributed by atoms with E-state index in [1.807, 2.05) is 0 Å². The Kier molecular flexibility index (Phi) is 6.00. The molecule has 11 heteroatoms. The van der Waals surface area contributed by atoms with Crippen LogP contribution in [0.4, 0.5) is 26.1 Å². The van der Waals surface area contributed by atoms with E-state index in [1.54, 1.807) is 24.3 Å². The van der Waals surface area contributed by atoms with E-state index in [9.17, 15) is 13.6 Å². The molecular formula is C24H23F2N7O2. The maximum Gasteiger partial charge on any atom is 0.230 e. The topological polar surface area (TPSA) is 134 Å². The quantitative estimate of drug-likeness (QED) is 0.400. The minimum atomic E-state index is -0.530. The van der Waals surface area contributed by atoms with E-state index in [1.165, 1.54) is 22.9 Å². The van der Waals surface area contributed by atoms with E-state index in [0.717, 1.165) is 6.42 Å². The molecule has 1 amide bonds. The average molecular weight is 479 g/mol. The molecule has 0 radical (unpaired) electrons. The summed E-state index contributed by atoms with van der Waals surface area (Å²) in [5.41, 5.74) is 13.1. The Labute approximate surface area is 199 Å². The Morgan fingerprint density at radius 1 is 1.09 bits per heavy atom. The van der Waals surface area contributed by atoms with Gasteiger partial charge < -0.3 is 21.5 Å². The zero-order valence-electron chi connectivity index (χ0n) is 18.7. The number of fused-ring (bicyclic) bond motifs is 1. The number of carbonyl (C=O) groups excluding carboxylic acids is 1. The Hall–Kier alpha value is -4.12. The highest BCUT2D eigenvalue weighted by Crippen LogP contribution is 2.32. The molecule has 1 unspecified atom stereocenters. The van der Waals surface area contributed by atoms with Gasteiger partial charge in [-0.25, -0.2) is 18.7 Å². The van der Waals surface area contributed by atoms with Gasteiger partial charge in [0.1, 0.15) is 28.5 Å². The number of halogens is 2. The number of para-hydroxylation sites is 1. The number of hydrogen-bond acceptors (Lipinski definition) is 7. The molecule has 0 aliphatic carbocycles. The van der Waals surface area contributed by atoms with Crippen molar-refractivity contribution in [2.24, 2.45) is 5.92 Å². The van der Waals surface area contributed by atoms with Gasteiger partial charge in [-0.3, -0.25) is 9.48 Å². The van der Waals surface area contributed by atoms with Gasteiger partial charge in [0.05, 0.1) is 19.1 Å². The number of benzene rings is 2. The van der Waals surface area contributed by atoms with E-state index >= 15 is 0 Å². The van der Waals surface area contributed by atoms with Crippen molar-refractivity contribution >= 4 is 34.1 Å². The van der Waals surface area contributed by atoms with Crippen molar-refractivity contribution in [1.82, 2.24) is 19.7 Å². The van der Waals surface area contributed by atoms with Crippen molar-refractivity contribution in [2.75, 3.05) is 30.0 Å². The third-order valence-corrected chi connectivity index (χ3v) is 5.95. The predicted octanol–water partition coefficient (Wildman–Crippen LogP) is 3.35. The number of anilines is 3. The molecule has 5 N–H and O–H groups in total. The Morgan fingerprint density at radius 2 is 1.83 bits per heavy atom. The van der Waals surface area contributed by atoms with E-state index in [2.05, 4.69) is 20.4 Å². The Morgan fingerprint density at radius 3 is 2.54 bits per heavy atom. The number of nitrogens with zero attached hydrogens (tertiary/aromatic N) is 4. The lowest BCUT2D eigenvalue weighted by Crippen LogP contribution is -2.31. The fourth-order valence-corrected chi connectivity index (χ4v) is 4.16. The summed E-state index contributed by atoms with van der Waals surface area (Å²) in [6, 6.07) is 10.7. The molecular weight excluding hydrogens is 456 g/mol. The van der Waals surface area contributed by atoms with Gasteiger partial charge in [0.2, 0.25) is 5.91 Å². The van der Waals surface area contributed by atoms with Gasteiger partial charge in [-0.15, -0.1) is 0 Å². The van der Waals surface area contributed by atoms with Crippen LogP contribution in [0.2, 0.25) is 0 Å². The van der Waals surface area contributed by atoms with Crippen LogP contribution in [-0.2, 0) is 16.1 Å². The first-order valence-corrected chi connectivity index (χ1v) is 11.1. The van der Waals surface area contributed by atoms with Crippen LogP contribution in [0.25, 0.3) is 22.4 Å². The summed E-state index contributed by atoms with van der Waals surface area (Å²) in [7, 11) is 0. The first kappa shape index (κ1) is 22.7. The number of nitrogens with one attached hydrogen (secondary N) is 1. The summed E-state index contributed by atoms with van der Waals surface area (Å²) in [6.07, 6.45) is 1.49. The Balaban J connectivity index is 1.52. The van der Waals surface area contributed by atoms with E-state index in [-0.39, 0.29) is 52.7 Å². The number of aromatic nitrogens is 4. The normalized spacial score (nSPS) is 15.9. The highest BCUT2D eigenvalue weighted by molar-refractivity contribution is 5.99. The molecule has 2 aromatic heterocycles. The van der Waals surface area contributed by atoms with Crippen LogP contribution in [0.1, 0.15) is 18.4 Å². The molecule has 35 heavy (non-hydrogen) atoms. The minimum Gasteiger partial charge on any atom is -0.382 e. The number of nitrogen functional groups attached to an aromatic ring is 2. The summed E-state index contributed by atoms with van der Waals surface area (Å²) < 4.78 is 35.8. The van der Waals surface area contributed by atoms with Crippen molar-refractivity contribution in [3.8, 4) is 11.5 Å². The minimum absolute atomic E-state index is 0.00727. The molecule has 1 aliphatic rings. The van der Waals surface area contributed by atoms with Crippen LogP contribution < -0.4 is 16.8 Å². The smallest absolute Gasteiger partial charge is 0.230 e. The summed E-state index contributed by atoms with van der Waals surface area (Å²) >= 11 is 0. The second-order valence-corrected chi connectivity index (χ2v) is 8.33. The Bertz CT molecular complexity index is 1390. The van der Waals surface area contributed by atoms with Crippen molar-refractivity contribution in [2.45, 2.75) is 19.4 Å². The van der Waals surface area contributed by atoms with E-state index < -0.39 is 11.6 Å². The van der Waals surface area contributed by atoms with Crippen molar-refractivity contribution in [3.05, 3.63) is 59.7 Å². The van der Waals surface area contributed by atoms with Crippen LogP contribution >= 0.6 is 0 Å². The lowest BCUT2D eigenvalue weighted by molar-refractivity contribution is -0.123. The van der Waals surface area contributed by atoms with Crippen LogP contribution in [-0.4, -0.2) is 38.9 Å². The fraction of sp³-hybridized carbons (Fsp3) is 0.250. The molecule has 1 saturated heterocycles. The zero-order valence-corrected chi connectivity index (χ0v) is 18.7. The van der Waals surface area contributed by atoms with E-state index in [0.29, 0.717) is 30.6 Å². The van der Waals surface area contributed by atoms with Gasteiger partial charge in [-0.05, 0) is 25.0 Å².